The van der Waals surface area contributed by atoms with E-state index < -0.39 is 29.3 Å². The number of aliphatic carboxylic acids is 1. The molecule has 2 atom stereocenters. The third-order valence-corrected chi connectivity index (χ3v) is 3.72. The number of hydrogen-bond acceptors (Lipinski definition) is 2. The molecule has 1 aromatic carbocycles. The van der Waals surface area contributed by atoms with Crippen LogP contribution in [0.4, 0.5) is 13.2 Å². The molecule has 0 heterocycles. The van der Waals surface area contributed by atoms with Crippen molar-refractivity contribution in [1.29, 1.82) is 0 Å². The summed E-state index contributed by atoms with van der Waals surface area (Å²) in [4.78, 5) is 11.0. The van der Waals surface area contributed by atoms with Crippen molar-refractivity contribution < 1.29 is 23.1 Å². The molecule has 0 saturated heterocycles. The maximum Gasteiger partial charge on any atom is 0.307 e. The maximum atomic E-state index is 13.5. The normalized spacial score (nSPS) is 14.0. The van der Waals surface area contributed by atoms with Crippen LogP contribution in [-0.2, 0) is 11.2 Å². The van der Waals surface area contributed by atoms with Crippen LogP contribution >= 0.6 is 0 Å². The van der Waals surface area contributed by atoms with E-state index in [2.05, 4.69) is 0 Å². The summed E-state index contributed by atoms with van der Waals surface area (Å²) in [6.45, 7) is 1.93. The molecular formula is C15H20F3NO2. The van der Waals surface area contributed by atoms with Crippen LogP contribution in [0.2, 0.25) is 0 Å². The monoisotopic (exact) mass is 303 g/mol. The molecule has 3 N–H and O–H groups in total. The molecule has 118 valence electrons. The van der Waals surface area contributed by atoms with Gasteiger partial charge in [0.1, 0.15) is 5.82 Å². The number of halogens is 3. The first-order chi connectivity index (χ1) is 9.88. The van der Waals surface area contributed by atoms with Crippen molar-refractivity contribution in [3.05, 3.63) is 35.1 Å². The van der Waals surface area contributed by atoms with Crippen molar-refractivity contribution in [2.45, 2.75) is 32.6 Å². The first-order valence-electron chi connectivity index (χ1n) is 6.95. The van der Waals surface area contributed by atoms with E-state index >= 15 is 0 Å². The Labute approximate surface area is 122 Å². The van der Waals surface area contributed by atoms with Crippen LogP contribution in [0.1, 0.15) is 31.7 Å². The molecule has 6 heteroatoms. The van der Waals surface area contributed by atoms with Gasteiger partial charge in [0.25, 0.3) is 0 Å². The topological polar surface area (TPSA) is 63.3 Å². The van der Waals surface area contributed by atoms with Crippen LogP contribution in [0.5, 0.6) is 0 Å². The summed E-state index contributed by atoms with van der Waals surface area (Å²) in [7, 11) is 0. The quantitative estimate of drug-likeness (QED) is 0.725. The third kappa shape index (κ3) is 5.04. The van der Waals surface area contributed by atoms with Crippen LogP contribution < -0.4 is 5.73 Å². The Morgan fingerprint density at radius 1 is 1.33 bits per heavy atom. The Balaban J connectivity index is 2.69. The molecule has 0 aliphatic heterocycles. The Morgan fingerprint density at radius 3 is 2.52 bits per heavy atom. The lowest BCUT2D eigenvalue weighted by molar-refractivity contribution is -0.142. The Bertz CT molecular complexity index is 494. The summed E-state index contributed by atoms with van der Waals surface area (Å²) in [5.41, 5.74) is 5.39. The van der Waals surface area contributed by atoms with Gasteiger partial charge in [-0.05, 0) is 36.8 Å². The van der Waals surface area contributed by atoms with Gasteiger partial charge in [0, 0.05) is 12.6 Å². The van der Waals surface area contributed by atoms with Gasteiger partial charge in [-0.25, -0.2) is 13.2 Å². The van der Waals surface area contributed by atoms with Gasteiger partial charge in [0.2, 0.25) is 0 Å². The minimum atomic E-state index is -1.21. The van der Waals surface area contributed by atoms with Gasteiger partial charge in [-0.1, -0.05) is 13.3 Å². The van der Waals surface area contributed by atoms with Gasteiger partial charge in [0.05, 0.1) is 5.92 Å². The zero-order chi connectivity index (χ0) is 16.0. The summed E-state index contributed by atoms with van der Waals surface area (Å²) in [5.74, 6) is -4.66. The van der Waals surface area contributed by atoms with Crippen LogP contribution in [0.3, 0.4) is 0 Å². The fourth-order valence-electron chi connectivity index (χ4n) is 2.34. The van der Waals surface area contributed by atoms with Crippen LogP contribution in [0.25, 0.3) is 0 Å². The number of aryl methyl sites for hydroxylation is 1. The zero-order valence-electron chi connectivity index (χ0n) is 11.9. The summed E-state index contributed by atoms with van der Waals surface area (Å²) in [6, 6.07) is 1.48. The van der Waals surface area contributed by atoms with Gasteiger partial charge in [-0.15, -0.1) is 0 Å². The van der Waals surface area contributed by atoms with Gasteiger partial charge in [-0.2, -0.15) is 0 Å². The molecule has 0 spiro atoms. The SMILES string of the molecule is CCC(CCc1cc(F)cc(F)c1F)CC(CN)C(=O)O. The molecule has 0 aliphatic carbocycles. The van der Waals surface area contributed by atoms with Gasteiger partial charge < -0.3 is 10.8 Å². The lowest BCUT2D eigenvalue weighted by Crippen LogP contribution is -2.26. The highest BCUT2D eigenvalue weighted by molar-refractivity contribution is 5.70. The predicted octanol–water partition coefficient (Wildman–Crippen LogP) is 3.11. The van der Waals surface area contributed by atoms with Crippen LogP contribution in [0, 0.1) is 29.3 Å². The molecular weight excluding hydrogens is 283 g/mol. The summed E-state index contributed by atoms with van der Waals surface area (Å²) >= 11 is 0. The van der Waals surface area contributed by atoms with Crippen molar-refractivity contribution >= 4 is 5.97 Å². The van der Waals surface area contributed by atoms with Crippen LogP contribution in [0.15, 0.2) is 12.1 Å². The van der Waals surface area contributed by atoms with E-state index in [4.69, 9.17) is 10.8 Å². The van der Waals surface area contributed by atoms with Crippen molar-refractivity contribution in [2.75, 3.05) is 6.54 Å². The highest BCUT2D eigenvalue weighted by Gasteiger charge is 2.21. The number of benzene rings is 1. The Kier molecular flexibility index (Phi) is 6.68. The number of carboxylic acid groups (broad SMARTS) is 1. The van der Waals surface area contributed by atoms with Crippen molar-refractivity contribution in [2.24, 2.45) is 17.6 Å². The maximum absolute atomic E-state index is 13.5. The first kappa shape index (κ1) is 17.5. The van der Waals surface area contributed by atoms with E-state index in [-0.39, 0.29) is 24.4 Å². The lowest BCUT2D eigenvalue weighted by Gasteiger charge is -2.19. The highest BCUT2D eigenvalue weighted by Crippen LogP contribution is 2.23. The Hall–Kier alpha value is -1.56. The number of carboxylic acids is 1. The number of hydrogen-bond donors (Lipinski definition) is 2. The third-order valence-electron chi connectivity index (χ3n) is 3.72. The van der Waals surface area contributed by atoms with Gasteiger partial charge >= 0.3 is 5.97 Å². The van der Waals surface area contributed by atoms with E-state index in [0.717, 1.165) is 6.07 Å². The Morgan fingerprint density at radius 2 is 2.00 bits per heavy atom. The van der Waals surface area contributed by atoms with E-state index in [0.29, 0.717) is 25.3 Å². The van der Waals surface area contributed by atoms with E-state index in [1.165, 1.54) is 0 Å². The summed E-state index contributed by atoms with van der Waals surface area (Å²) in [6.07, 6.45) is 1.70. The summed E-state index contributed by atoms with van der Waals surface area (Å²) < 4.78 is 39.7. The van der Waals surface area contributed by atoms with Crippen molar-refractivity contribution in [3.63, 3.8) is 0 Å². The fraction of sp³-hybridized carbons (Fsp3) is 0.533. The van der Waals surface area contributed by atoms with Crippen LogP contribution in [-0.4, -0.2) is 17.6 Å². The highest BCUT2D eigenvalue weighted by atomic mass is 19.2. The lowest BCUT2D eigenvalue weighted by atomic mass is 9.88. The largest absolute Gasteiger partial charge is 0.481 e. The molecule has 0 amide bonds. The molecule has 0 saturated carbocycles. The fourth-order valence-corrected chi connectivity index (χ4v) is 2.34. The first-order valence-corrected chi connectivity index (χ1v) is 6.95. The number of rotatable bonds is 8. The zero-order valence-corrected chi connectivity index (χ0v) is 11.9. The van der Waals surface area contributed by atoms with Crippen molar-refractivity contribution in [3.8, 4) is 0 Å². The minimum absolute atomic E-state index is 0.0142. The van der Waals surface area contributed by atoms with Gasteiger partial charge in [-0.3, -0.25) is 4.79 Å². The second-order valence-corrected chi connectivity index (χ2v) is 5.18. The van der Waals surface area contributed by atoms with Gasteiger partial charge in [0.15, 0.2) is 11.6 Å². The molecule has 1 aromatic rings. The molecule has 2 unspecified atom stereocenters. The average Bonchev–Trinajstić information content (AvgIpc) is 2.43. The van der Waals surface area contributed by atoms with E-state index in [9.17, 15) is 18.0 Å². The predicted molar refractivity (Wildman–Crippen MR) is 73.2 cm³/mol. The number of carbonyl (C=O) groups is 1. The second-order valence-electron chi connectivity index (χ2n) is 5.18. The second kappa shape index (κ2) is 8.02. The number of nitrogens with two attached hydrogens (primary N) is 1. The summed E-state index contributed by atoms with van der Waals surface area (Å²) in [5, 5.41) is 8.98. The molecule has 21 heavy (non-hydrogen) atoms. The molecule has 1 rings (SSSR count). The molecule has 0 bridgehead atoms. The van der Waals surface area contributed by atoms with E-state index in [1.54, 1.807) is 0 Å². The van der Waals surface area contributed by atoms with E-state index in [1.807, 2.05) is 6.92 Å². The molecule has 0 fully saturated rings. The average molecular weight is 303 g/mol. The standard InChI is InChI=1S/C15H20F3NO2/c1-2-9(5-11(8-19)15(20)21)3-4-10-6-12(16)7-13(17)14(10)18/h6-7,9,11H,2-5,8,19H2,1H3,(H,20,21). The van der Waals surface area contributed by atoms with Crippen molar-refractivity contribution in [1.82, 2.24) is 0 Å². The minimum Gasteiger partial charge on any atom is -0.481 e. The molecule has 0 radical (unpaired) electrons. The molecule has 0 aromatic heterocycles. The molecule has 3 nitrogen and oxygen atoms in total. The molecule has 0 aliphatic rings. The smallest absolute Gasteiger partial charge is 0.307 e.